The van der Waals surface area contributed by atoms with E-state index < -0.39 is 23.7 Å². The molecule has 0 aliphatic rings. The summed E-state index contributed by atoms with van der Waals surface area (Å²) < 4.78 is 19.9. The van der Waals surface area contributed by atoms with Crippen molar-refractivity contribution >= 4 is 11.8 Å². The molecule has 0 fully saturated rings. The number of ether oxygens (including phenoxy) is 1. The first kappa shape index (κ1) is 18.1. The highest BCUT2D eigenvalue weighted by molar-refractivity contribution is 5.95. The number of hydrogen-bond acceptors (Lipinski definition) is 4. The van der Waals surface area contributed by atoms with E-state index in [1.807, 2.05) is 0 Å². The summed E-state index contributed by atoms with van der Waals surface area (Å²) in [5.41, 5.74) is 5.81. The molecular formula is C19H17FN4O3. The maximum absolute atomic E-state index is 12.9. The van der Waals surface area contributed by atoms with Gasteiger partial charge in [-0.2, -0.15) is 5.10 Å². The molecule has 1 atom stereocenters. The quantitative estimate of drug-likeness (QED) is 0.677. The summed E-state index contributed by atoms with van der Waals surface area (Å²) in [4.78, 5) is 24.2. The van der Waals surface area contributed by atoms with Gasteiger partial charge in [0.2, 0.25) is 0 Å². The van der Waals surface area contributed by atoms with Crippen LogP contribution in [-0.2, 0) is 4.79 Å². The summed E-state index contributed by atoms with van der Waals surface area (Å²) in [5, 5.41) is 4.10. The average molecular weight is 368 g/mol. The normalized spacial score (nSPS) is 11.5. The number of amides is 2. The molecule has 1 unspecified atom stereocenters. The summed E-state index contributed by atoms with van der Waals surface area (Å²) in [6.45, 7) is 1.52. The van der Waals surface area contributed by atoms with Crippen molar-refractivity contribution in [1.82, 2.24) is 20.6 Å². The summed E-state index contributed by atoms with van der Waals surface area (Å²) in [7, 11) is 0. The maximum Gasteiger partial charge on any atom is 0.279 e. The van der Waals surface area contributed by atoms with Crippen LogP contribution in [0.2, 0.25) is 0 Å². The van der Waals surface area contributed by atoms with Crippen molar-refractivity contribution in [2.45, 2.75) is 13.0 Å². The molecule has 27 heavy (non-hydrogen) atoms. The second-order valence-corrected chi connectivity index (χ2v) is 5.65. The van der Waals surface area contributed by atoms with Crippen LogP contribution in [0.15, 0.2) is 67.0 Å². The minimum absolute atomic E-state index is 0.347. The molecule has 0 saturated carbocycles. The van der Waals surface area contributed by atoms with Crippen LogP contribution in [0.3, 0.4) is 0 Å². The van der Waals surface area contributed by atoms with Gasteiger partial charge in [-0.05, 0) is 61.5 Å². The van der Waals surface area contributed by atoms with Gasteiger partial charge in [-0.25, -0.2) is 9.07 Å². The second kappa shape index (κ2) is 8.13. The summed E-state index contributed by atoms with van der Waals surface area (Å²) in [6, 6.07) is 13.8. The highest BCUT2D eigenvalue weighted by atomic mass is 19.1. The van der Waals surface area contributed by atoms with Gasteiger partial charge >= 0.3 is 0 Å². The zero-order valence-electron chi connectivity index (χ0n) is 14.4. The Hall–Kier alpha value is -3.68. The number of halogens is 1. The van der Waals surface area contributed by atoms with Crippen LogP contribution in [0.1, 0.15) is 17.3 Å². The molecule has 0 aliphatic carbocycles. The number of benzene rings is 2. The molecule has 1 aromatic heterocycles. The van der Waals surface area contributed by atoms with Gasteiger partial charge in [-0.1, -0.05) is 0 Å². The first-order chi connectivity index (χ1) is 13.0. The number of nitrogens with one attached hydrogen (secondary N) is 2. The van der Waals surface area contributed by atoms with Gasteiger partial charge in [-0.3, -0.25) is 20.4 Å². The Kier molecular flexibility index (Phi) is 5.46. The topological polar surface area (TPSA) is 85.3 Å². The molecular weight excluding hydrogens is 351 g/mol. The molecule has 8 heteroatoms. The van der Waals surface area contributed by atoms with E-state index in [0.717, 1.165) is 5.69 Å². The van der Waals surface area contributed by atoms with E-state index in [-0.39, 0.29) is 0 Å². The van der Waals surface area contributed by atoms with E-state index in [0.29, 0.717) is 11.3 Å². The van der Waals surface area contributed by atoms with E-state index in [2.05, 4.69) is 16.0 Å². The van der Waals surface area contributed by atoms with Crippen molar-refractivity contribution in [3.05, 3.63) is 78.4 Å². The Morgan fingerprint density at radius 1 is 1.07 bits per heavy atom. The van der Waals surface area contributed by atoms with Crippen LogP contribution in [0.5, 0.6) is 5.75 Å². The Morgan fingerprint density at radius 3 is 2.41 bits per heavy atom. The van der Waals surface area contributed by atoms with Gasteiger partial charge in [0.15, 0.2) is 6.10 Å². The molecule has 2 amide bonds. The van der Waals surface area contributed by atoms with Crippen LogP contribution >= 0.6 is 0 Å². The van der Waals surface area contributed by atoms with Crippen LogP contribution < -0.4 is 15.6 Å². The highest BCUT2D eigenvalue weighted by Crippen LogP contribution is 2.13. The van der Waals surface area contributed by atoms with E-state index in [1.54, 1.807) is 47.4 Å². The number of rotatable bonds is 5. The molecule has 7 nitrogen and oxygen atoms in total. The number of carbonyl (C=O) groups excluding carboxylic acids is 2. The average Bonchev–Trinajstić information content (AvgIpc) is 3.22. The van der Waals surface area contributed by atoms with Crippen LogP contribution in [0.4, 0.5) is 4.39 Å². The van der Waals surface area contributed by atoms with Gasteiger partial charge < -0.3 is 4.74 Å². The molecule has 1 heterocycles. The Balaban J connectivity index is 1.52. The van der Waals surface area contributed by atoms with Crippen molar-refractivity contribution in [2.75, 3.05) is 0 Å². The molecule has 138 valence electrons. The molecule has 2 aromatic carbocycles. The lowest BCUT2D eigenvalue weighted by Crippen LogP contribution is -2.47. The fourth-order valence-electron chi connectivity index (χ4n) is 2.25. The maximum atomic E-state index is 12.9. The van der Waals surface area contributed by atoms with E-state index in [9.17, 15) is 14.0 Å². The van der Waals surface area contributed by atoms with Crippen molar-refractivity contribution in [1.29, 1.82) is 0 Å². The molecule has 0 aliphatic heterocycles. The minimum Gasteiger partial charge on any atom is -0.481 e. The summed E-state index contributed by atoms with van der Waals surface area (Å²) >= 11 is 0. The number of hydrazine groups is 1. The van der Waals surface area contributed by atoms with Gasteiger partial charge in [-0.15, -0.1) is 0 Å². The van der Waals surface area contributed by atoms with Crippen molar-refractivity contribution in [2.24, 2.45) is 0 Å². The van der Waals surface area contributed by atoms with Crippen LogP contribution in [0, 0.1) is 5.82 Å². The number of hydrogen-bond donors (Lipinski definition) is 2. The molecule has 3 rings (SSSR count). The standard InChI is InChI=1S/C19H17FN4O3/c1-13(27-17-9-5-15(20)6-10-17)18(25)22-23-19(26)14-3-7-16(8-4-14)24-12-2-11-21-24/h2-13H,1H3,(H,22,25)(H,23,26). The van der Waals surface area contributed by atoms with E-state index >= 15 is 0 Å². The minimum atomic E-state index is -0.877. The van der Waals surface area contributed by atoms with Crippen LogP contribution in [0.25, 0.3) is 5.69 Å². The summed E-state index contributed by atoms with van der Waals surface area (Å²) in [5.74, 6) is -1.06. The Bertz CT molecular complexity index is 909. The fraction of sp³-hybridized carbons (Fsp3) is 0.105. The molecule has 0 saturated heterocycles. The van der Waals surface area contributed by atoms with E-state index in [1.165, 1.54) is 31.2 Å². The van der Waals surface area contributed by atoms with Crippen molar-refractivity contribution < 1.29 is 18.7 Å². The third kappa shape index (κ3) is 4.69. The van der Waals surface area contributed by atoms with E-state index in [4.69, 9.17) is 4.74 Å². The number of nitrogens with zero attached hydrogens (tertiary/aromatic N) is 2. The zero-order valence-corrected chi connectivity index (χ0v) is 14.4. The van der Waals surface area contributed by atoms with Crippen molar-refractivity contribution in [3.63, 3.8) is 0 Å². The lowest BCUT2D eigenvalue weighted by Gasteiger charge is -2.15. The highest BCUT2D eigenvalue weighted by Gasteiger charge is 2.16. The lowest BCUT2D eigenvalue weighted by atomic mass is 10.2. The van der Waals surface area contributed by atoms with Crippen LogP contribution in [-0.4, -0.2) is 27.7 Å². The molecule has 3 aromatic rings. The Labute approximate surface area is 154 Å². The molecule has 0 bridgehead atoms. The summed E-state index contributed by atoms with van der Waals surface area (Å²) in [6.07, 6.45) is 2.57. The molecule has 2 N–H and O–H groups in total. The predicted molar refractivity (Wildman–Crippen MR) is 95.7 cm³/mol. The Morgan fingerprint density at radius 2 is 1.78 bits per heavy atom. The largest absolute Gasteiger partial charge is 0.481 e. The number of aromatic nitrogens is 2. The third-order valence-corrected chi connectivity index (χ3v) is 3.69. The smallest absolute Gasteiger partial charge is 0.279 e. The predicted octanol–water partition coefficient (Wildman–Crippen LogP) is 2.24. The zero-order chi connectivity index (χ0) is 19.2. The third-order valence-electron chi connectivity index (χ3n) is 3.69. The van der Waals surface area contributed by atoms with Crippen molar-refractivity contribution in [3.8, 4) is 11.4 Å². The molecule has 0 radical (unpaired) electrons. The van der Waals surface area contributed by atoms with Gasteiger partial charge in [0, 0.05) is 18.0 Å². The van der Waals surface area contributed by atoms with Gasteiger partial charge in [0.05, 0.1) is 5.69 Å². The monoisotopic (exact) mass is 368 g/mol. The first-order valence-corrected chi connectivity index (χ1v) is 8.15. The molecule has 0 spiro atoms. The number of carbonyl (C=O) groups is 2. The van der Waals surface area contributed by atoms with Gasteiger partial charge in [0.25, 0.3) is 11.8 Å². The fourth-order valence-corrected chi connectivity index (χ4v) is 2.25. The first-order valence-electron chi connectivity index (χ1n) is 8.15. The SMILES string of the molecule is CC(Oc1ccc(F)cc1)C(=O)NNC(=O)c1ccc(-n2cccn2)cc1. The second-order valence-electron chi connectivity index (χ2n) is 5.65. The van der Waals surface area contributed by atoms with Gasteiger partial charge in [0.1, 0.15) is 11.6 Å². The lowest BCUT2D eigenvalue weighted by molar-refractivity contribution is -0.128.